The number of nitrogens with zero attached hydrogens (tertiary/aromatic N) is 4. The molecule has 2 aromatic heterocycles. The summed E-state index contributed by atoms with van der Waals surface area (Å²) in [7, 11) is 0. The smallest absolute Gasteiger partial charge is 0.263 e. The zero-order valence-electron chi connectivity index (χ0n) is 14.7. The average Bonchev–Trinajstić information content (AvgIpc) is 3.26. The van der Waals surface area contributed by atoms with Crippen LogP contribution >= 0.6 is 11.3 Å². The van der Waals surface area contributed by atoms with Crippen LogP contribution in [-0.4, -0.2) is 25.7 Å². The molecule has 3 rings (SSSR count). The fourth-order valence-electron chi connectivity index (χ4n) is 3.23. The van der Waals surface area contributed by atoms with Crippen LogP contribution in [0.5, 0.6) is 0 Å². The van der Waals surface area contributed by atoms with Crippen LogP contribution in [0.3, 0.4) is 0 Å². The van der Waals surface area contributed by atoms with Crippen molar-refractivity contribution in [1.29, 1.82) is 0 Å². The molecule has 0 unspecified atom stereocenters. The highest BCUT2D eigenvalue weighted by Crippen LogP contribution is 2.31. The number of rotatable bonds is 5. The van der Waals surface area contributed by atoms with Crippen LogP contribution in [-0.2, 0) is 0 Å². The van der Waals surface area contributed by atoms with E-state index in [1.54, 1.807) is 6.33 Å². The third-order valence-corrected chi connectivity index (χ3v) is 6.02. The molecule has 24 heavy (non-hydrogen) atoms. The van der Waals surface area contributed by atoms with Gasteiger partial charge in [-0.3, -0.25) is 4.79 Å². The fourth-order valence-corrected chi connectivity index (χ4v) is 4.20. The molecule has 1 fully saturated rings. The summed E-state index contributed by atoms with van der Waals surface area (Å²) in [6, 6.07) is 0.289. The quantitative estimate of drug-likeness (QED) is 0.893. The van der Waals surface area contributed by atoms with Gasteiger partial charge in [0, 0.05) is 12.0 Å². The van der Waals surface area contributed by atoms with Crippen LogP contribution in [0.1, 0.15) is 90.7 Å². The summed E-state index contributed by atoms with van der Waals surface area (Å²) in [5, 5.41) is 12.4. The van der Waals surface area contributed by atoms with Crippen molar-refractivity contribution in [3.63, 3.8) is 0 Å². The molecule has 2 aromatic rings. The predicted molar refractivity (Wildman–Crippen MR) is 94.3 cm³/mol. The topological polar surface area (TPSA) is 72.7 Å². The zero-order valence-corrected chi connectivity index (χ0v) is 15.6. The van der Waals surface area contributed by atoms with Gasteiger partial charge in [-0.2, -0.15) is 0 Å². The first-order valence-corrected chi connectivity index (χ1v) is 9.46. The summed E-state index contributed by atoms with van der Waals surface area (Å²) in [4.78, 5) is 17.8. The normalized spacial score (nSPS) is 16.7. The second kappa shape index (κ2) is 7.01. The van der Waals surface area contributed by atoms with Gasteiger partial charge in [-0.15, -0.1) is 21.5 Å². The molecule has 0 radical (unpaired) electrons. The minimum absolute atomic E-state index is 0.0784. The molecule has 0 bridgehead atoms. The van der Waals surface area contributed by atoms with Gasteiger partial charge >= 0.3 is 0 Å². The van der Waals surface area contributed by atoms with Gasteiger partial charge in [0.15, 0.2) is 5.82 Å². The Morgan fingerprint density at radius 1 is 1.33 bits per heavy atom. The minimum Gasteiger partial charge on any atom is -0.342 e. The van der Waals surface area contributed by atoms with E-state index in [9.17, 15) is 4.79 Å². The molecule has 7 heteroatoms. The van der Waals surface area contributed by atoms with Crippen LogP contribution in [0.2, 0.25) is 0 Å². The van der Waals surface area contributed by atoms with Crippen molar-refractivity contribution in [3.05, 3.63) is 27.7 Å². The second-order valence-corrected chi connectivity index (χ2v) is 7.88. The van der Waals surface area contributed by atoms with Gasteiger partial charge in [0.1, 0.15) is 11.2 Å². The summed E-state index contributed by atoms with van der Waals surface area (Å²) in [5.74, 6) is 1.09. The summed E-state index contributed by atoms with van der Waals surface area (Å²) in [6.45, 7) is 8.04. The molecular formula is C17H25N5OS. The van der Waals surface area contributed by atoms with Crippen molar-refractivity contribution >= 4 is 17.2 Å². The SMILES string of the molecule is Cc1nc(C(C)C)sc1C(=O)N[C@@H](C)c1nncn1C1CCCC1. The molecule has 1 amide bonds. The summed E-state index contributed by atoms with van der Waals surface area (Å²) in [5.41, 5.74) is 0.797. The van der Waals surface area contributed by atoms with Crippen LogP contribution in [0.15, 0.2) is 6.33 Å². The molecule has 0 aliphatic heterocycles. The Bertz CT molecular complexity index is 714. The number of aryl methyl sites for hydroxylation is 1. The average molecular weight is 347 g/mol. The third-order valence-electron chi connectivity index (χ3n) is 4.57. The Hall–Kier alpha value is -1.76. The van der Waals surface area contributed by atoms with Gasteiger partial charge in [-0.25, -0.2) is 4.98 Å². The van der Waals surface area contributed by atoms with Gasteiger partial charge in [0.2, 0.25) is 0 Å². The molecule has 2 heterocycles. The van der Waals surface area contributed by atoms with Crippen molar-refractivity contribution in [2.75, 3.05) is 0 Å². The largest absolute Gasteiger partial charge is 0.342 e. The monoisotopic (exact) mass is 347 g/mol. The summed E-state index contributed by atoms with van der Waals surface area (Å²) in [6.07, 6.45) is 6.62. The highest BCUT2D eigenvalue weighted by Gasteiger charge is 2.25. The second-order valence-electron chi connectivity index (χ2n) is 6.85. The molecule has 6 nitrogen and oxygen atoms in total. The lowest BCUT2D eigenvalue weighted by atomic mass is 10.2. The van der Waals surface area contributed by atoms with Gasteiger partial charge in [0.05, 0.1) is 16.7 Å². The molecule has 1 aliphatic carbocycles. The molecule has 0 saturated heterocycles. The lowest BCUT2D eigenvalue weighted by Gasteiger charge is -2.18. The molecule has 1 aliphatic rings. The van der Waals surface area contributed by atoms with Gasteiger partial charge in [-0.05, 0) is 26.7 Å². The lowest BCUT2D eigenvalue weighted by molar-refractivity contribution is 0.0940. The van der Waals surface area contributed by atoms with Crippen molar-refractivity contribution in [2.24, 2.45) is 0 Å². The number of carbonyl (C=O) groups excluding carboxylic acids is 1. The highest BCUT2D eigenvalue weighted by molar-refractivity contribution is 7.13. The van der Waals surface area contributed by atoms with E-state index in [0.29, 0.717) is 16.8 Å². The first-order chi connectivity index (χ1) is 11.5. The number of hydrogen-bond donors (Lipinski definition) is 1. The van der Waals surface area contributed by atoms with Crippen LogP contribution in [0, 0.1) is 6.92 Å². The highest BCUT2D eigenvalue weighted by atomic mass is 32.1. The maximum absolute atomic E-state index is 12.6. The van der Waals surface area contributed by atoms with Crippen LogP contribution in [0.4, 0.5) is 0 Å². The van der Waals surface area contributed by atoms with E-state index < -0.39 is 0 Å². The predicted octanol–water partition coefficient (Wildman–Crippen LogP) is 3.77. The first-order valence-electron chi connectivity index (χ1n) is 8.65. The maximum Gasteiger partial charge on any atom is 0.263 e. The van der Waals surface area contributed by atoms with Crippen LogP contribution in [0.25, 0.3) is 0 Å². The van der Waals surface area contributed by atoms with Gasteiger partial charge < -0.3 is 9.88 Å². The van der Waals surface area contributed by atoms with Crippen molar-refractivity contribution in [3.8, 4) is 0 Å². The van der Waals surface area contributed by atoms with Crippen molar-refractivity contribution in [2.45, 2.75) is 71.4 Å². The van der Waals surface area contributed by atoms with E-state index in [1.807, 2.05) is 13.8 Å². The molecule has 0 aromatic carbocycles. The minimum atomic E-state index is -0.176. The molecular weight excluding hydrogens is 322 g/mol. The number of thiazole rings is 1. The third kappa shape index (κ3) is 3.36. The lowest BCUT2D eigenvalue weighted by Crippen LogP contribution is -2.29. The Balaban J connectivity index is 1.74. The van der Waals surface area contributed by atoms with E-state index in [-0.39, 0.29) is 11.9 Å². The standard InChI is InChI=1S/C17H25N5OS/c1-10(2)17-20-11(3)14(24-17)16(23)19-12(4)15-21-18-9-22(15)13-7-5-6-8-13/h9-10,12-13H,5-8H2,1-4H3,(H,19,23)/t12-/m0/s1. The number of carbonyl (C=O) groups is 1. The molecule has 1 saturated carbocycles. The van der Waals surface area contributed by atoms with Gasteiger partial charge in [0.25, 0.3) is 5.91 Å². The number of nitrogens with one attached hydrogen (secondary N) is 1. The first kappa shape index (κ1) is 17.1. The van der Waals surface area contributed by atoms with Gasteiger partial charge in [-0.1, -0.05) is 26.7 Å². The van der Waals surface area contributed by atoms with E-state index in [1.165, 1.54) is 24.2 Å². The Morgan fingerprint density at radius 3 is 2.67 bits per heavy atom. The number of hydrogen-bond acceptors (Lipinski definition) is 5. The molecule has 1 atom stereocenters. The molecule has 130 valence electrons. The Labute approximate surface area is 146 Å². The number of amides is 1. The van der Waals surface area contributed by atoms with Crippen molar-refractivity contribution in [1.82, 2.24) is 25.1 Å². The van der Waals surface area contributed by atoms with E-state index >= 15 is 0 Å². The van der Waals surface area contributed by atoms with Crippen LogP contribution < -0.4 is 5.32 Å². The summed E-state index contributed by atoms with van der Waals surface area (Å²) >= 11 is 1.48. The van der Waals surface area contributed by atoms with E-state index in [0.717, 1.165) is 29.4 Å². The number of aromatic nitrogens is 4. The van der Waals surface area contributed by atoms with E-state index in [4.69, 9.17) is 0 Å². The Kier molecular flexibility index (Phi) is 4.99. The van der Waals surface area contributed by atoms with Crippen molar-refractivity contribution < 1.29 is 4.79 Å². The van der Waals surface area contributed by atoms with E-state index in [2.05, 4.69) is 38.9 Å². The Morgan fingerprint density at radius 2 is 2.04 bits per heavy atom. The molecule has 1 N–H and O–H groups in total. The fraction of sp³-hybridized carbons (Fsp3) is 0.647. The maximum atomic E-state index is 12.6. The molecule has 0 spiro atoms. The summed E-state index contributed by atoms with van der Waals surface area (Å²) < 4.78 is 2.14. The zero-order chi connectivity index (χ0) is 17.3.